The molecule has 16 unspecified atom stereocenters. The van der Waals surface area contributed by atoms with Crippen LogP contribution in [0.3, 0.4) is 0 Å². The minimum Gasteiger partial charge on any atom is -0.444 e. The molecule has 6 aliphatic rings. The Bertz CT molecular complexity index is 1760. The lowest BCUT2D eigenvalue weighted by Gasteiger charge is -2.48. The summed E-state index contributed by atoms with van der Waals surface area (Å²) >= 11 is 0. The Morgan fingerprint density at radius 1 is 0.657 bits per heavy atom. The molecule has 16 atom stereocenters. The van der Waals surface area contributed by atoms with E-state index in [1.54, 1.807) is 0 Å². The van der Waals surface area contributed by atoms with Crippen molar-refractivity contribution >= 4 is 205 Å². The van der Waals surface area contributed by atoms with Crippen LogP contribution in [0, 0.1) is 0 Å². The van der Waals surface area contributed by atoms with Gasteiger partial charge in [0.1, 0.15) is 16.0 Å². The fourth-order valence-corrected chi connectivity index (χ4v) is 128. The molecule has 0 radical (unpaired) electrons. The van der Waals surface area contributed by atoms with Gasteiger partial charge in [0.05, 0.1) is 7.59 Å². The summed E-state index contributed by atoms with van der Waals surface area (Å²) in [5, 5.41) is 0. The minimum absolute atomic E-state index is 0.0457. The second-order valence-electron chi connectivity index (χ2n) is 21.3. The SMILES string of the molecule is C[SiH2]O[SiH](C)O[SiH](C)[SiH]1O[SiH](C)O[Si]2(C)O[Si](C)(O[SiH](C)C)O[SiH]3O[Si]4(C)O[Si](O1)(O[SiH]([Si](C)(C)C)O[Si](C)(C)O[SiH](C)OC[Si]15O[SiH2]C[Si]3(O[SiH](O[SiH](C)O[Si](C)(C)C)O[SiH](O[Si](C)(C)O1)O5)O4)O2. The van der Waals surface area contributed by atoms with Gasteiger partial charge in [-0.15, -0.1) is 0 Å². The summed E-state index contributed by atoms with van der Waals surface area (Å²) in [6.07, 6.45) is 0.0457. The van der Waals surface area contributed by atoms with Crippen molar-refractivity contribution in [3.63, 3.8) is 0 Å². The van der Waals surface area contributed by atoms with Gasteiger partial charge >= 0.3 is 125 Å². The Hall–Kier alpha value is 4.03. The van der Waals surface area contributed by atoms with Gasteiger partial charge in [0.25, 0.3) is 27.4 Å². The summed E-state index contributed by atoms with van der Waals surface area (Å²) < 4.78 is 170. The van der Waals surface area contributed by atoms with Gasteiger partial charge in [-0.2, -0.15) is 0 Å². The van der Waals surface area contributed by atoms with E-state index in [2.05, 4.69) is 65.5 Å². The summed E-state index contributed by atoms with van der Waals surface area (Å²) in [7, 11) is -66.4. The minimum atomic E-state index is -4.69. The quantitative estimate of drug-likeness (QED) is 0.200. The molecular formula is C23H82O24Si23. The Morgan fingerprint density at radius 3 is 1.96 bits per heavy atom. The molecule has 0 amide bonds. The largest absolute Gasteiger partial charge is 0.645 e. The van der Waals surface area contributed by atoms with Crippen molar-refractivity contribution in [2.45, 2.75) is 143 Å². The molecule has 70 heavy (non-hydrogen) atoms. The van der Waals surface area contributed by atoms with Crippen LogP contribution < -0.4 is 0 Å². The van der Waals surface area contributed by atoms with E-state index in [-0.39, 0.29) is 6.23 Å². The molecule has 0 aliphatic carbocycles. The molecule has 3 spiro atoms. The van der Waals surface area contributed by atoms with Crippen molar-refractivity contribution in [2.24, 2.45) is 0 Å². The number of rotatable bonds is 12. The highest BCUT2D eigenvalue weighted by Gasteiger charge is 2.75. The third-order valence-corrected chi connectivity index (χ3v) is 105. The predicted molar refractivity (Wildman–Crippen MR) is 312 cm³/mol. The Labute approximate surface area is 449 Å². The molecule has 410 valence electrons. The van der Waals surface area contributed by atoms with Crippen LogP contribution in [0.5, 0.6) is 0 Å². The van der Waals surface area contributed by atoms with Crippen molar-refractivity contribution in [3.8, 4) is 0 Å². The second kappa shape index (κ2) is 24.2. The maximum atomic E-state index is 7.59. The van der Waals surface area contributed by atoms with Crippen LogP contribution in [0.4, 0.5) is 0 Å². The van der Waals surface area contributed by atoms with E-state index in [0.29, 0.717) is 5.67 Å². The summed E-state index contributed by atoms with van der Waals surface area (Å²) in [5.41, 5.74) is 0.323. The van der Waals surface area contributed by atoms with Crippen molar-refractivity contribution in [1.29, 1.82) is 0 Å². The lowest BCUT2D eigenvalue weighted by molar-refractivity contribution is 0.0593. The van der Waals surface area contributed by atoms with Crippen LogP contribution in [-0.2, 0) is 99.1 Å². The predicted octanol–water partition coefficient (Wildman–Crippen LogP) is -1.65. The summed E-state index contributed by atoms with van der Waals surface area (Å²) in [4.78, 5) is 0. The van der Waals surface area contributed by atoms with Crippen LogP contribution in [0.1, 0.15) is 0 Å². The molecule has 6 aliphatic heterocycles. The van der Waals surface area contributed by atoms with E-state index >= 15 is 0 Å². The molecule has 6 fully saturated rings. The maximum Gasteiger partial charge on any atom is 0.645 e. The molecule has 6 heterocycles. The van der Waals surface area contributed by atoms with Crippen LogP contribution >= 0.6 is 0 Å². The summed E-state index contributed by atoms with van der Waals surface area (Å²) in [6, 6.07) is 0. The average molecular weight is 1390 g/mol. The van der Waals surface area contributed by atoms with E-state index in [9.17, 15) is 0 Å². The Morgan fingerprint density at radius 2 is 1.33 bits per heavy atom. The molecule has 0 aromatic rings. The van der Waals surface area contributed by atoms with E-state index in [4.69, 9.17) is 99.1 Å². The van der Waals surface area contributed by atoms with Crippen LogP contribution in [-0.4, -0.2) is 211 Å². The highest BCUT2D eigenvalue weighted by Crippen LogP contribution is 2.43. The molecule has 0 aromatic heterocycles. The molecule has 24 nitrogen and oxygen atoms in total. The zero-order valence-corrected chi connectivity index (χ0v) is 70.5. The van der Waals surface area contributed by atoms with Gasteiger partial charge in [-0.1, -0.05) is 26.2 Å². The standard InChI is InChI=1S/C23H82O24Si23/c1-48-25-52(5)27-55(8)58-29-54(7)34-66(20)44-65(19,31-50(2)3)40-60-41-67(21)45-69(60)23-49-26-68(36-57(35-64(17,18)43-68)30-56(37-69)28-53(6)32-61(9,10)11)22-24-51(4)33-63(15,16)39-59(62(12,13)14)42-70(38-58,46-66)47-67/h50-60H,22-23,48-49H2,1-21H3. The topological polar surface area (TPSA) is 222 Å². The van der Waals surface area contributed by atoms with Gasteiger partial charge in [0.2, 0.25) is 8.56 Å². The molecular weight excluding hydrogens is 1310 g/mol. The Balaban J connectivity index is 1.61. The lowest BCUT2D eigenvalue weighted by atomic mass is 11.7. The highest BCUT2D eigenvalue weighted by molar-refractivity contribution is 7.32. The number of hydrogen-bond acceptors (Lipinski definition) is 24. The third-order valence-electron chi connectivity index (χ3n) is 10.4. The first-order chi connectivity index (χ1) is 32.0. The highest BCUT2D eigenvalue weighted by atomic mass is 29.3. The van der Waals surface area contributed by atoms with Gasteiger partial charge in [0, 0.05) is 25.3 Å². The first kappa shape index (κ1) is 63.2. The smallest absolute Gasteiger partial charge is 0.444 e. The van der Waals surface area contributed by atoms with E-state index in [1.165, 1.54) is 0 Å². The summed E-state index contributed by atoms with van der Waals surface area (Å²) in [5.74, 6) is 0. The molecule has 0 aromatic carbocycles. The van der Waals surface area contributed by atoms with Crippen LogP contribution in [0.25, 0.3) is 0 Å². The fourth-order valence-electron chi connectivity index (χ4n) is 8.24. The van der Waals surface area contributed by atoms with Gasteiger partial charge in [-0.25, -0.2) is 0 Å². The zero-order valence-electron chi connectivity index (χ0n) is 45.0. The monoisotopic (exact) mass is 1390 g/mol. The summed E-state index contributed by atoms with van der Waals surface area (Å²) in [6.45, 7) is 42.8. The van der Waals surface area contributed by atoms with Crippen molar-refractivity contribution in [3.05, 3.63) is 0 Å². The van der Waals surface area contributed by atoms with Crippen molar-refractivity contribution in [2.75, 3.05) is 6.23 Å². The molecule has 0 saturated carbocycles. The maximum absolute atomic E-state index is 7.59. The van der Waals surface area contributed by atoms with E-state index in [1.807, 2.05) is 72.0 Å². The van der Waals surface area contributed by atoms with Gasteiger partial charge in [0.15, 0.2) is 27.1 Å². The van der Waals surface area contributed by atoms with E-state index < -0.39 is 205 Å². The van der Waals surface area contributed by atoms with Gasteiger partial charge in [-0.3, -0.25) is 0 Å². The molecule has 47 heteroatoms. The molecule has 6 saturated heterocycles. The third kappa shape index (κ3) is 17.8. The fraction of sp³-hybridized carbons (Fsp3) is 1.00. The zero-order chi connectivity index (χ0) is 52.1. The number of hydrogen-bond donors (Lipinski definition) is 0. The van der Waals surface area contributed by atoms with Crippen LogP contribution in [0.15, 0.2) is 0 Å². The molecule has 6 rings (SSSR count). The molecule has 7 bridgehead atoms. The Kier molecular flexibility index (Phi) is 21.9. The average Bonchev–Trinajstić information content (AvgIpc) is 3.37. The first-order valence-corrected chi connectivity index (χ1v) is 77.2. The van der Waals surface area contributed by atoms with E-state index in [0.717, 1.165) is 0 Å². The van der Waals surface area contributed by atoms with Crippen LogP contribution in [0.2, 0.25) is 143 Å². The van der Waals surface area contributed by atoms with Crippen molar-refractivity contribution < 1.29 is 99.1 Å². The lowest BCUT2D eigenvalue weighted by Crippen LogP contribution is -2.74. The normalized spacial score (nSPS) is 44.1. The number of fused-ring (bicyclic) bond motifs is 5. The first-order valence-electron chi connectivity index (χ1n) is 24.1. The second-order valence-corrected chi connectivity index (χ2v) is 97.3. The molecule has 0 N–H and O–H groups in total. The van der Waals surface area contributed by atoms with Crippen molar-refractivity contribution in [1.82, 2.24) is 0 Å². The van der Waals surface area contributed by atoms with Gasteiger partial charge < -0.3 is 99.1 Å². The van der Waals surface area contributed by atoms with Gasteiger partial charge in [-0.05, 0) is 91.7 Å².